The highest BCUT2D eigenvalue weighted by Gasteiger charge is 2.03. The van der Waals surface area contributed by atoms with Gasteiger partial charge in [0.25, 0.3) is 0 Å². The Balaban J connectivity index is 2.75. The molecule has 0 spiro atoms. The summed E-state index contributed by atoms with van der Waals surface area (Å²) in [5.41, 5.74) is 2.59. The number of hydrogen-bond donors (Lipinski definition) is 0. The van der Waals surface area contributed by atoms with Crippen LogP contribution in [0.4, 0.5) is 0 Å². The van der Waals surface area contributed by atoms with Crippen molar-refractivity contribution in [1.29, 1.82) is 0 Å². The molecule has 0 saturated heterocycles. The number of benzene rings is 1. The topological polar surface area (TPSA) is 0 Å². The van der Waals surface area contributed by atoms with E-state index in [2.05, 4.69) is 70.7 Å². The summed E-state index contributed by atoms with van der Waals surface area (Å²) in [7, 11) is 0. The van der Waals surface area contributed by atoms with Crippen LogP contribution in [0.15, 0.2) is 24.3 Å². The van der Waals surface area contributed by atoms with Gasteiger partial charge in [-0.2, -0.15) is 0 Å². The fourth-order valence-corrected chi connectivity index (χ4v) is 1.46. The second-order valence-corrected chi connectivity index (χ2v) is 5.79. The van der Waals surface area contributed by atoms with E-state index in [4.69, 9.17) is 0 Å². The van der Waals surface area contributed by atoms with Crippen LogP contribution < -0.4 is 0 Å². The van der Waals surface area contributed by atoms with Crippen LogP contribution in [-0.2, 0) is 6.42 Å². The Hall–Kier alpha value is -1.22. The van der Waals surface area contributed by atoms with E-state index in [0.29, 0.717) is 5.92 Å². The Labute approximate surface area is 100 Å². The molecule has 1 rings (SSSR count). The lowest BCUT2D eigenvalue weighted by Crippen LogP contribution is -1.99. The van der Waals surface area contributed by atoms with Gasteiger partial charge in [-0.1, -0.05) is 37.8 Å². The molecule has 86 valence electrons. The summed E-state index contributed by atoms with van der Waals surface area (Å²) in [4.78, 5) is 0. The lowest BCUT2D eigenvalue weighted by Gasteiger charge is -2.07. The Morgan fingerprint density at radius 2 is 1.62 bits per heavy atom. The quantitative estimate of drug-likeness (QED) is 0.644. The van der Waals surface area contributed by atoms with Gasteiger partial charge in [0.05, 0.1) is 0 Å². The van der Waals surface area contributed by atoms with Crippen LogP contribution in [0.1, 0.15) is 45.7 Å². The molecular weight excluding hydrogens is 192 g/mol. The Bertz CT molecular complexity index is 377. The minimum atomic E-state index is 0.0800. The zero-order chi connectivity index (χ0) is 12.2. The molecule has 0 aromatic heterocycles. The summed E-state index contributed by atoms with van der Waals surface area (Å²) in [5, 5.41) is 0. The second-order valence-electron chi connectivity index (χ2n) is 5.79. The Morgan fingerprint density at radius 1 is 1.06 bits per heavy atom. The minimum absolute atomic E-state index is 0.0800. The van der Waals surface area contributed by atoms with Gasteiger partial charge in [0, 0.05) is 11.0 Å². The van der Waals surface area contributed by atoms with Crippen molar-refractivity contribution in [3.05, 3.63) is 35.4 Å². The molecular formula is C16H22. The van der Waals surface area contributed by atoms with E-state index in [-0.39, 0.29) is 5.41 Å². The number of hydrogen-bond acceptors (Lipinski definition) is 0. The van der Waals surface area contributed by atoms with E-state index in [1.54, 1.807) is 0 Å². The van der Waals surface area contributed by atoms with Gasteiger partial charge >= 0.3 is 0 Å². The summed E-state index contributed by atoms with van der Waals surface area (Å²) >= 11 is 0. The highest BCUT2D eigenvalue weighted by atomic mass is 14.1. The van der Waals surface area contributed by atoms with E-state index in [1.807, 2.05) is 0 Å². The molecule has 0 bridgehead atoms. The van der Waals surface area contributed by atoms with E-state index in [9.17, 15) is 0 Å². The average molecular weight is 214 g/mol. The van der Waals surface area contributed by atoms with Crippen molar-refractivity contribution >= 4 is 0 Å². The SMILES string of the molecule is CC(C)Cc1ccc(C#CC(C)(C)C)cc1. The maximum absolute atomic E-state index is 3.25. The van der Waals surface area contributed by atoms with Gasteiger partial charge < -0.3 is 0 Å². The third kappa shape index (κ3) is 5.03. The molecule has 0 heteroatoms. The Kier molecular flexibility index (Phi) is 4.19. The van der Waals surface area contributed by atoms with Gasteiger partial charge in [-0.05, 0) is 50.8 Å². The minimum Gasteiger partial charge on any atom is -0.0920 e. The molecule has 0 heterocycles. The normalized spacial score (nSPS) is 11.1. The molecule has 0 aliphatic heterocycles. The molecule has 0 saturated carbocycles. The third-order valence-electron chi connectivity index (χ3n) is 2.18. The molecule has 0 nitrogen and oxygen atoms in total. The highest BCUT2D eigenvalue weighted by molar-refractivity contribution is 5.37. The molecule has 0 amide bonds. The van der Waals surface area contributed by atoms with Crippen LogP contribution in [-0.4, -0.2) is 0 Å². The van der Waals surface area contributed by atoms with Crippen molar-refractivity contribution in [3.8, 4) is 11.8 Å². The summed E-state index contributed by atoms with van der Waals surface area (Å²) in [6, 6.07) is 8.62. The van der Waals surface area contributed by atoms with Crippen LogP contribution in [0.2, 0.25) is 0 Å². The van der Waals surface area contributed by atoms with Gasteiger partial charge in [0.2, 0.25) is 0 Å². The standard InChI is InChI=1S/C16H22/c1-13(2)12-15-8-6-14(7-9-15)10-11-16(3,4)5/h6-9,13H,12H2,1-5H3. The van der Waals surface area contributed by atoms with Gasteiger partial charge in [0.15, 0.2) is 0 Å². The average Bonchev–Trinajstić information content (AvgIpc) is 2.14. The first-order valence-electron chi connectivity index (χ1n) is 5.99. The molecule has 0 aliphatic rings. The van der Waals surface area contributed by atoms with Gasteiger partial charge in [-0.3, -0.25) is 0 Å². The molecule has 16 heavy (non-hydrogen) atoms. The van der Waals surface area contributed by atoms with Crippen LogP contribution >= 0.6 is 0 Å². The molecule has 0 unspecified atom stereocenters. The molecule has 0 aliphatic carbocycles. The summed E-state index contributed by atoms with van der Waals surface area (Å²) in [6.07, 6.45) is 1.15. The molecule has 1 aromatic carbocycles. The molecule has 0 radical (unpaired) electrons. The van der Waals surface area contributed by atoms with Gasteiger partial charge in [0.1, 0.15) is 0 Å². The van der Waals surface area contributed by atoms with Gasteiger partial charge in [-0.15, -0.1) is 0 Å². The molecule has 0 N–H and O–H groups in total. The summed E-state index contributed by atoms with van der Waals surface area (Å²) in [6.45, 7) is 10.9. The van der Waals surface area contributed by atoms with E-state index in [1.165, 1.54) is 5.56 Å². The zero-order valence-corrected chi connectivity index (χ0v) is 11.1. The van der Waals surface area contributed by atoms with Crippen molar-refractivity contribution in [2.75, 3.05) is 0 Å². The van der Waals surface area contributed by atoms with Crippen LogP contribution in [0.5, 0.6) is 0 Å². The predicted octanol–water partition coefficient (Wildman–Crippen LogP) is 4.28. The number of rotatable bonds is 2. The third-order valence-corrected chi connectivity index (χ3v) is 2.18. The van der Waals surface area contributed by atoms with Crippen molar-refractivity contribution in [2.24, 2.45) is 11.3 Å². The van der Waals surface area contributed by atoms with Crippen molar-refractivity contribution in [3.63, 3.8) is 0 Å². The first-order chi connectivity index (χ1) is 7.37. The smallest absolute Gasteiger partial charge is 0.0245 e. The van der Waals surface area contributed by atoms with E-state index >= 15 is 0 Å². The molecule has 0 atom stereocenters. The Morgan fingerprint density at radius 3 is 2.06 bits per heavy atom. The zero-order valence-electron chi connectivity index (χ0n) is 11.1. The van der Waals surface area contributed by atoms with E-state index < -0.39 is 0 Å². The molecule has 0 fully saturated rings. The summed E-state index contributed by atoms with van der Waals surface area (Å²) < 4.78 is 0. The first-order valence-corrected chi connectivity index (χ1v) is 5.99. The first kappa shape index (κ1) is 12.8. The van der Waals surface area contributed by atoms with Crippen LogP contribution in [0.3, 0.4) is 0 Å². The maximum Gasteiger partial charge on any atom is 0.0245 e. The van der Waals surface area contributed by atoms with Crippen LogP contribution in [0, 0.1) is 23.2 Å². The van der Waals surface area contributed by atoms with Crippen molar-refractivity contribution < 1.29 is 0 Å². The monoisotopic (exact) mass is 214 g/mol. The maximum atomic E-state index is 3.25. The fourth-order valence-electron chi connectivity index (χ4n) is 1.46. The molecule has 1 aromatic rings. The van der Waals surface area contributed by atoms with Crippen molar-refractivity contribution in [1.82, 2.24) is 0 Å². The second kappa shape index (κ2) is 5.21. The lowest BCUT2D eigenvalue weighted by atomic mass is 9.97. The van der Waals surface area contributed by atoms with Crippen LogP contribution in [0.25, 0.3) is 0 Å². The largest absolute Gasteiger partial charge is 0.0920 e. The van der Waals surface area contributed by atoms with Gasteiger partial charge in [-0.25, -0.2) is 0 Å². The fraction of sp³-hybridized carbons (Fsp3) is 0.500. The predicted molar refractivity (Wildman–Crippen MR) is 71.3 cm³/mol. The summed E-state index contributed by atoms with van der Waals surface area (Å²) in [5.74, 6) is 7.18. The highest BCUT2D eigenvalue weighted by Crippen LogP contribution is 2.12. The lowest BCUT2D eigenvalue weighted by molar-refractivity contribution is 0.571. The van der Waals surface area contributed by atoms with E-state index in [0.717, 1.165) is 12.0 Å². The van der Waals surface area contributed by atoms with Crippen molar-refractivity contribution in [2.45, 2.75) is 41.0 Å².